The Morgan fingerprint density at radius 3 is 2.27 bits per heavy atom. The van der Waals surface area contributed by atoms with Crippen molar-refractivity contribution in [1.82, 2.24) is 4.90 Å². The zero-order chi connectivity index (χ0) is 27.1. The van der Waals surface area contributed by atoms with Gasteiger partial charge in [-0.05, 0) is 73.1 Å². The summed E-state index contributed by atoms with van der Waals surface area (Å²) < 4.78 is 85.8. The van der Waals surface area contributed by atoms with Crippen LogP contribution in [0.15, 0.2) is 42.5 Å². The van der Waals surface area contributed by atoms with Gasteiger partial charge in [0.1, 0.15) is 5.75 Å². The number of hydrogen-bond acceptors (Lipinski definition) is 3. The topological polar surface area (TPSA) is 49.8 Å². The third-order valence-electron chi connectivity index (χ3n) is 7.45. The number of likely N-dealkylation sites (tertiary alicyclic amines) is 1. The lowest BCUT2D eigenvalue weighted by Gasteiger charge is -2.43. The van der Waals surface area contributed by atoms with Gasteiger partial charge in [-0.1, -0.05) is 19.1 Å². The smallest absolute Gasteiger partial charge is 0.416 e. The number of halogens is 6. The molecule has 1 saturated heterocycles. The summed E-state index contributed by atoms with van der Waals surface area (Å²) in [5, 5.41) is 9.49. The molecule has 202 valence electrons. The Morgan fingerprint density at radius 1 is 1.03 bits per heavy atom. The molecule has 37 heavy (non-hydrogen) atoms. The first kappa shape index (κ1) is 27.3. The van der Waals surface area contributed by atoms with E-state index < -0.39 is 47.0 Å². The van der Waals surface area contributed by atoms with Crippen LogP contribution in [-0.2, 0) is 17.1 Å². The SMILES string of the molecule is CC(c1cc(C(F)(F)F)ccc1C(F)(F)F)N1CC(COc2cccc(C(C3CC3)[C@H](C)C(=O)O)c2)C1. The minimum absolute atomic E-state index is 0.00316. The van der Waals surface area contributed by atoms with Crippen LogP contribution >= 0.6 is 0 Å². The second-order valence-corrected chi connectivity index (χ2v) is 10.2. The van der Waals surface area contributed by atoms with Crippen molar-refractivity contribution in [3.05, 3.63) is 64.7 Å². The number of rotatable bonds is 9. The molecular formula is C27H29F6NO3. The van der Waals surface area contributed by atoms with Gasteiger partial charge >= 0.3 is 18.3 Å². The van der Waals surface area contributed by atoms with Gasteiger partial charge < -0.3 is 9.84 Å². The average molecular weight is 530 g/mol. The number of ether oxygens (including phenoxy) is 1. The van der Waals surface area contributed by atoms with E-state index in [-0.39, 0.29) is 11.8 Å². The van der Waals surface area contributed by atoms with Crippen LogP contribution in [0.25, 0.3) is 0 Å². The van der Waals surface area contributed by atoms with E-state index in [1.165, 1.54) is 6.92 Å². The molecule has 4 nitrogen and oxygen atoms in total. The van der Waals surface area contributed by atoms with E-state index in [2.05, 4.69) is 0 Å². The van der Waals surface area contributed by atoms with Crippen molar-refractivity contribution < 1.29 is 41.0 Å². The van der Waals surface area contributed by atoms with E-state index in [0.29, 0.717) is 49.6 Å². The monoisotopic (exact) mass is 529 g/mol. The van der Waals surface area contributed by atoms with Gasteiger partial charge in [-0.15, -0.1) is 0 Å². The predicted octanol–water partition coefficient (Wildman–Crippen LogP) is 7.01. The van der Waals surface area contributed by atoms with Crippen molar-refractivity contribution in [2.45, 2.75) is 51.0 Å². The molecule has 2 aromatic rings. The number of nitrogens with zero attached hydrogens (tertiary/aromatic N) is 1. The second kappa shape index (κ2) is 10.2. The van der Waals surface area contributed by atoms with Crippen molar-refractivity contribution in [2.75, 3.05) is 19.7 Å². The Kier molecular flexibility index (Phi) is 7.52. The van der Waals surface area contributed by atoms with Crippen molar-refractivity contribution in [2.24, 2.45) is 17.8 Å². The number of aliphatic carboxylic acids is 1. The van der Waals surface area contributed by atoms with Crippen LogP contribution in [0.4, 0.5) is 26.3 Å². The van der Waals surface area contributed by atoms with Gasteiger partial charge in [-0.3, -0.25) is 9.69 Å². The van der Waals surface area contributed by atoms with Gasteiger partial charge in [-0.25, -0.2) is 0 Å². The van der Waals surface area contributed by atoms with Crippen LogP contribution in [0.3, 0.4) is 0 Å². The molecule has 0 aromatic heterocycles. The number of carbonyl (C=O) groups is 1. The molecule has 3 atom stereocenters. The van der Waals surface area contributed by atoms with Crippen molar-refractivity contribution >= 4 is 5.97 Å². The molecule has 2 fully saturated rings. The largest absolute Gasteiger partial charge is 0.493 e. The lowest BCUT2D eigenvalue weighted by Crippen LogP contribution is -2.50. The fraction of sp³-hybridized carbons (Fsp3) is 0.519. The van der Waals surface area contributed by atoms with Crippen LogP contribution in [0, 0.1) is 17.8 Å². The Labute approximate surface area is 211 Å². The standard InChI is InChI=1S/C27H29F6NO3/c1-15(25(35)36)24(18-6-7-18)19-4-3-5-21(10-19)37-14-17-12-34(13-17)16(2)22-11-20(26(28,29)30)8-9-23(22)27(31,32)33/h3-5,8-11,15-18,24H,6-7,12-14H2,1-2H3,(H,35,36)/t15-,16?,24?/m0/s1. The molecule has 2 aliphatic rings. The second-order valence-electron chi connectivity index (χ2n) is 10.2. The molecule has 1 saturated carbocycles. The molecule has 0 radical (unpaired) electrons. The summed E-state index contributed by atoms with van der Waals surface area (Å²) in [6.07, 6.45) is -7.52. The highest BCUT2D eigenvalue weighted by Gasteiger charge is 2.41. The Bertz CT molecular complexity index is 1120. The van der Waals surface area contributed by atoms with Gasteiger partial charge in [0, 0.05) is 25.0 Å². The number of hydrogen-bond donors (Lipinski definition) is 1. The molecule has 1 N–H and O–H groups in total. The number of alkyl halides is 6. The Hall–Kier alpha value is -2.75. The summed E-state index contributed by atoms with van der Waals surface area (Å²) in [6.45, 7) is 4.25. The summed E-state index contributed by atoms with van der Waals surface area (Å²) in [7, 11) is 0. The Balaban J connectivity index is 1.39. The molecule has 1 aliphatic carbocycles. The van der Waals surface area contributed by atoms with Crippen molar-refractivity contribution in [3.8, 4) is 5.75 Å². The van der Waals surface area contributed by atoms with E-state index in [1.807, 2.05) is 18.2 Å². The van der Waals surface area contributed by atoms with E-state index in [1.54, 1.807) is 17.9 Å². The van der Waals surface area contributed by atoms with Crippen LogP contribution in [0.1, 0.15) is 60.9 Å². The molecule has 10 heteroatoms. The van der Waals surface area contributed by atoms with Gasteiger partial charge in [-0.2, -0.15) is 26.3 Å². The zero-order valence-electron chi connectivity index (χ0n) is 20.4. The van der Waals surface area contributed by atoms with Crippen molar-refractivity contribution in [1.29, 1.82) is 0 Å². The van der Waals surface area contributed by atoms with Crippen LogP contribution < -0.4 is 4.74 Å². The van der Waals surface area contributed by atoms with Crippen LogP contribution in [-0.4, -0.2) is 35.7 Å². The maximum Gasteiger partial charge on any atom is 0.416 e. The molecule has 0 bridgehead atoms. The summed E-state index contributed by atoms with van der Waals surface area (Å²) in [6, 6.07) is 8.04. The highest BCUT2D eigenvalue weighted by atomic mass is 19.4. The van der Waals surface area contributed by atoms with Gasteiger partial charge in [0.15, 0.2) is 0 Å². The average Bonchev–Trinajstić information content (AvgIpc) is 3.61. The highest BCUT2D eigenvalue weighted by Crippen LogP contribution is 2.47. The summed E-state index contributed by atoms with van der Waals surface area (Å²) in [5.74, 6) is -0.548. The van der Waals surface area contributed by atoms with E-state index in [9.17, 15) is 36.2 Å². The van der Waals surface area contributed by atoms with Gasteiger partial charge in [0.25, 0.3) is 0 Å². The fourth-order valence-corrected chi connectivity index (χ4v) is 5.17. The maximum atomic E-state index is 13.5. The zero-order valence-corrected chi connectivity index (χ0v) is 20.4. The van der Waals surface area contributed by atoms with E-state index in [4.69, 9.17) is 4.74 Å². The molecule has 2 unspecified atom stereocenters. The van der Waals surface area contributed by atoms with Crippen LogP contribution in [0.5, 0.6) is 5.75 Å². The quantitative estimate of drug-likeness (QED) is 0.355. The fourth-order valence-electron chi connectivity index (χ4n) is 5.17. The van der Waals surface area contributed by atoms with E-state index in [0.717, 1.165) is 18.4 Å². The number of carboxylic acids is 1. The normalized spacial score (nSPS) is 19.7. The van der Waals surface area contributed by atoms with Crippen molar-refractivity contribution in [3.63, 3.8) is 0 Å². The molecule has 1 aliphatic heterocycles. The lowest BCUT2D eigenvalue weighted by molar-refractivity contribution is -0.142. The Morgan fingerprint density at radius 2 is 1.70 bits per heavy atom. The molecule has 0 amide bonds. The summed E-state index contributed by atoms with van der Waals surface area (Å²) in [5.41, 5.74) is -1.66. The first-order valence-corrected chi connectivity index (χ1v) is 12.2. The third-order valence-corrected chi connectivity index (χ3v) is 7.45. The molecule has 4 rings (SSSR count). The molecule has 0 spiro atoms. The molecule has 2 aromatic carbocycles. The van der Waals surface area contributed by atoms with Gasteiger partial charge in [0.05, 0.1) is 23.7 Å². The minimum atomic E-state index is -4.76. The molecular weight excluding hydrogens is 500 g/mol. The predicted molar refractivity (Wildman–Crippen MR) is 124 cm³/mol. The number of benzene rings is 2. The van der Waals surface area contributed by atoms with Crippen LogP contribution in [0.2, 0.25) is 0 Å². The maximum absolute atomic E-state index is 13.5. The third kappa shape index (κ3) is 6.22. The summed E-state index contributed by atoms with van der Waals surface area (Å²) >= 11 is 0. The molecule has 1 heterocycles. The highest BCUT2D eigenvalue weighted by molar-refractivity contribution is 5.71. The first-order chi connectivity index (χ1) is 17.3. The summed E-state index contributed by atoms with van der Waals surface area (Å²) in [4.78, 5) is 13.3. The minimum Gasteiger partial charge on any atom is -0.493 e. The lowest BCUT2D eigenvalue weighted by atomic mass is 9.83. The first-order valence-electron chi connectivity index (χ1n) is 12.2. The van der Waals surface area contributed by atoms with Gasteiger partial charge in [0.2, 0.25) is 0 Å². The number of carboxylic acid groups (broad SMARTS) is 1. The van der Waals surface area contributed by atoms with E-state index >= 15 is 0 Å².